The lowest BCUT2D eigenvalue weighted by molar-refractivity contribution is -0.143. The van der Waals surface area contributed by atoms with Gasteiger partial charge in [0.05, 0.1) is 5.69 Å². The molecule has 3 fully saturated rings. The Labute approximate surface area is 154 Å². The van der Waals surface area contributed by atoms with Crippen molar-refractivity contribution in [3.63, 3.8) is 0 Å². The van der Waals surface area contributed by atoms with Crippen LogP contribution >= 0.6 is 0 Å². The number of nitrogens with zero attached hydrogens (tertiary/aromatic N) is 3. The summed E-state index contributed by atoms with van der Waals surface area (Å²) >= 11 is 0. The number of halogens is 4. The van der Waals surface area contributed by atoms with Crippen LogP contribution in [0.15, 0.2) is 0 Å². The van der Waals surface area contributed by atoms with E-state index in [0.717, 1.165) is 24.8 Å². The van der Waals surface area contributed by atoms with E-state index in [1.165, 1.54) is 16.6 Å². The van der Waals surface area contributed by atoms with Crippen LogP contribution in [0.5, 0.6) is 0 Å². The average Bonchev–Trinajstić information content (AvgIpc) is 2.77. The van der Waals surface area contributed by atoms with Gasteiger partial charge in [0.15, 0.2) is 0 Å². The van der Waals surface area contributed by atoms with E-state index in [1.807, 2.05) is 0 Å². The molecule has 0 unspecified atom stereocenters. The summed E-state index contributed by atoms with van der Waals surface area (Å²) in [5.41, 5.74) is 1.47. The monoisotopic (exact) mass is 389 g/mol. The van der Waals surface area contributed by atoms with Gasteiger partial charge in [-0.05, 0) is 18.8 Å². The Bertz CT molecular complexity index is 744. The van der Waals surface area contributed by atoms with Gasteiger partial charge in [0.25, 0.3) is 5.92 Å². The highest BCUT2D eigenvalue weighted by atomic mass is 19.3. The Kier molecular flexibility index (Phi) is 4.19. The molecule has 3 saturated carbocycles. The minimum atomic E-state index is -2.77. The van der Waals surface area contributed by atoms with Crippen molar-refractivity contribution in [1.29, 1.82) is 0 Å². The van der Waals surface area contributed by atoms with Crippen molar-refractivity contribution in [2.24, 2.45) is 7.05 Å². The lowest BCUT2D eigenvalue weighted by atomic mass is 9.73. The number of alkyl halides is 4. The molecule has 5 nitrogen and oxygen atoms in total. The van der Waals surface area contributed by atoms with Crippen LogP contribution in [0.3, 0.4) is 0 Å². The number of hydrogen-bond donors (Lipinski definition) is 0. The fraction of sp³-hybridized carbons (Fsp3) is 0.778. The van der Waals surface area contributed by atoms with E-state index in [-0.39, 0.29) is 24.7 Å². The molecule has 0 N–H and O–H groups in total. The molecule has 0 spiro atoms. The summed E-state index contributed by atoms with van der Waals surface area (Å²) in [5.74, 6) is -5.04. The number of hydrogen-bond acceptors (Lipinski definition) is 3. The van der Waals surface area contributed by atoms with Gasteiger partial charge in [-0.15, -0.1) is 0 Å². The molecule has 1 aromatic heterocycles. The Morgan fingerprint density at radius 1 is 1.11 bits per heavy atom. The van der Waals surface area contributed by atoms with Crippen LogP contribution in [-0.4, -0.2) is 40.9 Å². The number of carbonyl (C=O) groups is 1. The Hall–Kier alpha value is -1.80. The van der Waals surface area contributed by atoms with Crippen LogP contribution < -0.4 is 4.90 Å². The first-order valence-electron chi connectivity index (χ1n) is 9.33. The molecule has 0 atom stereocenters. The highest BCUT2D eigenvalue weighted by Gasteiger charge is 2.50. The third kappa shape index (κ3) is 3.29. The van der Waals surface area contributed by atoms with Crippen molar-refractivity contribution in [2.75, 3.05) is 11.9 Å². The minimum Gasteiger partial charge on any atom is -0.445 e. The van der Waals surface area contributed by atoms with Gasteiger partial charge in [-0.1, -0.05) is 6.42 Å². The molecule has 3 aliphatic carbocycles. The van der Waals surface area contributed by atoms with Gasteiger partial charge in [-0.3, -0.25) is 9.58 Å². The topological polar surface area (TPSA) is 47.4 Å². The zero-order chi connectivity index (χ0) is 19.6. The summed E-state index contributed by atoms with van der Waals surface area (Å²) in [4.78, 5) is 13.7. The molecule has 9 heteroatoms. The quantitative estimate of drug-likeness (QED) is 0.709. The fourth-order valence-electron chi connectivity index (χ4n) is 4.19. The number of ether oxygens (including phenoxy) is 1. The van der Waals surface area contributed by atoms with E-state index < -0.39 is 36.9 Å². The van der Waals surface area contributed by atoms with E-state index in [9.17, 15) is 22.4 Å². The predicted octanol–water partition coefficient (Wildman–Crippen LogP) is 4.57. The van der Waals surface area contributed by atoms with Crippen LogP contribution in [0.4, 0.5) is 28.2 Å². The molecule has 150 valence electrons. The molecule has 1 amide bonds. The number of amides is 1. The Morgan fingerprint density at radius 2 is 1.70 bits per heavy atom. The predicted molar refractivity (Wildman–Crippen MR) is 89.6 cm³/mol. The first-order chi connectivity index (χ1) is 12.6. The molecular weight excluding hydrogens is 366 g/mol. The van der Waals surface area contributed by atoms with Gasteiger partial charge in [-0.25, -0.2) is 22.4 Å². The van der Waals surface area contributed by atoms with Crippen LogP contribution in [-0.2, 0) is 11.8 Å². The van der Waals surface area contributed by atoms with Gasteiger partial charge in [-0.2, -0.15) is 5.10 Å². The lowest BCUT2D eigenvalue weighted by Crippen LogP contribution is -2.45. The van der Waals surface area contributed by atoms with Gasteiger partial charge in [0, 0.05) is 51.3 Å². The molecule has 0 aliphatic heterocycles. The number of rotatable bonds is 4. The molecule has 0 bridgehead atoms. The first-order valence-corrected chi connectivity index (χ1v) is 9.33. The molecule has 1 heterocycles. The third-order valence-electron chi connectivity index (χ3n) is 5.98. The summed E-state index contributed by atoms with van der Waals surface area (Å²) in [5, 5.41) is 4.45. The van der Waals surface area contributed by atoms with Gasteiger partial charge < -0.3 is 4.74 Å². The van der Waals surface area contributed by atoms with Crippen molar-refractivity contribution < 1.29 is 27.1 Å². The van der Waals surface area contributed by atoms with E-state index in [1.54, 1.807) is 7.05 Å². The second-order valence-corrected chi connectivity index (χ2v) is 8.16. The molecule has 4 rings (SSSR count). The Balaban J connectivity index is 1.56. The largest absolute Gasteiger partial charge is 0.445 e. The van der Waals surface area contributed by atoms with Gasteiger partial charge >= 0.3 is 6.09 Å². The van der Waals surface area contributed by atoms with Crippen LogP contribution in [0.1, 0.15) is 68.0 Å². The third-order valence-corrected chi connectivity index (χ3v) is 5.98. The molecule has 0 saturated heterocycles. The summed E-state index contributed by atoms with van der Waals surface area (Å²) < 4.78 is 59.4. The van der Waals surface area contributed by atoms with Crippen LogP contribution in [0.2, 0.25) is 0 Å². The highest BCUT2D eigenvalue weighted by molar-refractivity contribution is 5.87. The van der Waals surface area contributed by atoms with E-state index >= 15 is 0 Å². The lowest BCUT2D eigenvalue weighted by Gasteiger charge is -2.37. The van der Waals surface area contributed by atoms with E-state index in [4.69, 9.17) is 4.74 Å². The van der Waals surface area contributed by atoms with Crippen molar-refractivity contribution in [3.05, 3.63) is 11.3 Å². The molecule has 27 heavy (non-hydrogen) atoms. The standard InChI is InChI=1S/C18H23F4N3O2/c1-24(16(26)27-12-8-18(21,22)9-12)15-13(10-4-3-5-10)14(23-25(15)2)11-6-17(19,20)7-11/h10-12H,3-9H2,1-2H3. The summed E-state index contributed by atoms with van der Waals surface area (Å²) in [6, 6.07) is 0. The maximum absolute atomic E-state index is 13.4. The van der Waals surface area contributed by atoms with Gasteiger partial charge in [0.2, 0.25) is 5.92 Å². The van der Waals surface area contributed by atoms with Crippen molar-refractivity contribution >= 4 is 11.9 Å². The smallest absolute Gasteiger partial charge is 0.415 e. The fourth-order valence-corrected chi connectivity index (χ4v) is 4.19. The normalized spacial score (nSPS) is 24.7. The summed E-state index contributed by atoms with van der Waals surface area (Å²) in [7, 11) is 3.18. The first kappa shape index (κ1) is 18.6. The molecular formula is C18H23F4N3O2. The second kappa shape index (κ2) is 6.10. The minimum absolute atomic E-state index is 0.182. The van der Waals surface area contributed by atoms with E-state index in [0.29, 0.717) is 11.5 Å². The molecule has 0 aromatic carbocycles. The number of aryl methyl sites for hydroxylation is 1. The maximum Gasteiger partial charge on any atom is 0.415 e. The molecule has 0 radical (unpaired) electrons. The zero-order valence-corrected chi connectivity index (χ0v) is 15.4. The molecule has 3 aliphatic rings. The maximum atomic E-state index is 13.4. The second-order valence-electron chi connectivity index (χ2n) is 8.16. The van der Waals surface area contributed by atoms with Gasteiger partial charge in [0.1, 0.15) is 11.9 Å². The van der Waals surface area contributed by atoms with Crippen molar-refractivity contribution in [3.8, 4) is 0 Å². The number of aromatic nitrogens is 2. The van der Waals surface area contributed by atoms with Crippen LogP contribution in [0, 0.1) is 0 Å². The average molecular weight is 389 g/mol. The zero-order valence-electron chi connectivity index (χ0n) is 15.4. The van der Waals surface area contributed by atoms with Crippen molar-refractivity contribution in [1.82, 2.24) is 9.78 Å². The van der Waals surface area contributed by atoms with E-state index in [2.05, 4.69) is 5.10 Å². The summed E-state index contributed by atoms with van der Waals surface area (Å²) in [6.07, 6.45) is 0.00271. The van der Waals surface area contributed by atoms with Crippen molar-refractivity contribution in [2.45, 2.75) is 74.7 Å². The highest BCUT2D eigenvalue weighted by Crippen LogP contribution is 2.53. The number of carbonyl (C=O) groups excluding carboxylic acids is 1. The Morgan fingerprint density at radius 3 is 2.19 bits per heavy atom. The van der Waals surface area contributed by atoms with Crippen LogP contribution in [0.25, 0.3) is 0 Å². The SMILES string of the molecule is CN(C(=O)OC1CC(F)(F)C1)c1c(C2CCC2)c(C2CC(F)(F)C2)nn1C. The number of anilines is 1. The molecule has 1 aromatic rings. The summed E-state index contributed by atoms with van der Waals surface area (Å²) in [6.45, 7) is 0.